The maximum atomic E-state index is 12.7. The molecule has 26 heavy (non-hydrogen) atoms. The lowest BCUT2D eigenvalue weighted by molar-refractivity contribution is -0.328. The number of fused-ring (bicyclic) bond motifs is 1. The van der Waals surface area contributed by atoms with Crippen molar-refractivity contribution in [2.24, 2.45) is 5.92 Å². The molecule has 0 N–H and O–H groups in total. The fourth-order valence-electron chi connectivity index (χ4n) is 3.70. The molecule has 3 saturated heterocycles. The van der Waals surface area contributed by atoms with E-state index in [1.165, 1.54) is 0 Å². The summed E-state index contributed by atoms with van der Waals surface area (Å²) in [6, 6.07) is 0. The van der Waals surface area contributed by atoms with E-state index in [2.05, 4.69) is 0 Å². The predicted molar refractivity (Wildman–Crippen MR) is 92.1 cm³/mol. The van der Waals surface area contributed by atoms with Gasteiger partial charge in [-0.1, -0.05) is 19.9 Å². The van der Waals surface area contributed by atoms with Gasteiger partial charge in [0, 0.05) is 5.57 Å². The lowest BCUT2D eigenvalue weighted by Gasteiger charge is -2.43. The zero-order valence-corrected chi connectivity index (χ0v) is 16.7. The van der Waals surface area contributed by atoms with Crippen LogP contribution in [0, 0.1) is 5.92 Å². The second-order valence-corrected chi connectivity index (χ2v) is 8.47. The molecule has 0 unspecified atom stereocenters. The molecule has 0 radical (unpaired) electrons. The molecule has 0 bridgehead atoms. The number of esters is 1. The maximum absolute atomic E-state index is 12.7. The Morgan fingerprint density at radius 1 is 1.12 bits per heavy atom. The molecular weight excluding hydrogens is 340 g/mol. The molecule has 3 rings (SSSR count). The van der Waals surface area contributed by atoms with Crippen molar-refractivity contribution in [1.29, 1.82) is 0 Å². The largest absolute Gasteiger partial charge is 0.450 e. The molecule has 0 aliphatic carbocycles. The number of rotatable bonds is 3. The highest BCUT2D eigenvalue weighted by Gasteiger charge is 2.64. The SMILES string of the molecule is C/C(=C/C(C)C)C(=O)O[C@H]1[C@@H]2OC(C)(C)O[C@@H]2CO[C@@]12COC(C)(C)O2. The second-order valence-electron chi connectivity index (χ2n) is 8.47. The van der Waals surface area contributed by atoms with Gasteiger partial charge in [0.05, 0.1) is 6.61 Å². The average Bonchev–Trinajstić information content (AvgIpc) is 2.97. The van der Waals surface area contributed by atoms with Crippen molar-refractivity contribution >= 4 is 5.97 Å². The van der Waals surface area contributed by atoms with E-state index >= 15 is 0 Å². The number of allylic oxidation sites excluding steroid dienone is 1. The minimum Gasteiger partial charge on any atom is -0.450 e. The highest BCUT2D eigenvalue weighted by atomic mass is 16.9. The second kappa shape index (κ2) is 6.56. The topological polar surface area (TPSA) is 72.5 Å². The van der Waals surface area contributed by atoms with E-state index in [-0.39, 0.29) is 25.2 Å². The van der Waals surface area contributed by atoms with Gasteiger partial charge >= 0.3 is 5.97 Å². The molecule has 0 aromatic heterocycles. The van der Waals surface area contributed by atoms with Gasteiger partial charge in [0.25, 0.3) is 0 Å². The molecule has 3 heterocycles. The van der Waals surface area contributed by atoms with E-state index in [4.69, 9.17) is 28.4 Å². The van der Waals surface area contributed by atoms with Crippen molar-refractivity contribution in [2.45, 2.75) is 84.1 Å². The minimum atomic E-state index is -1.21. The average molecular weight is 370 g/mol. The standard InChI is InChI=1S/C19H30O7/c1-11(2)8-12(3)16(20)23-15-14-13(24-18(6,7)25-14)9-21-19(15)10-22-17(4,5)26-19/h8,11,13-15H,9-10H2,1-7H3/b12-8-/t13-,14-,15+,19-/m1/s1. The van der Waals surface area contributed by atoms with Crippen molar-refractivity contribution in [3.8, 4) is 0 Å². The number of hydrogen-bond donors (Lipinski definition) is 0. The number of carbonyl (C=O) groups excluding carboxylic acids is 1. The van der Waals surface area contributed by atoms with E-state index in [1.807, 2.05) is 33.8 Å². The van der Waals surface area contributed by atoms with Gasteiger partial charge in [-0.3, -0.25) is 0 Å². The van der Waals surface area contributed by atoms with Crippen LogP contribution in [0.15, 0.2) is 11.6 Å². The molecule has 3 aliphatic rings. The molecule has 7 nitrogen and oxygen atoms in total. The normalized spacial score (nSPS) is 38.6. The zero-order chi connectivity index (χ0) is 19.3. The molecular formula is C19H30O7. The molecule has 0 aromatic carbocycles. The number of hydrogen-bond acceptors (Lipinski definition) is 7. The highest BCUT2D eigenvalue weighted by Crippen LogP contribution is 2.45. The van der Waals surface area contributed by atoms with E-state index < -0.39 is 35.5 Å². The first-order valence-electron chi connectivity index (χ1n) is 9.16. The molecule has 0 saturated carbocycles. The maximum Gasteiger partial charge on any atom is 0.333 e. The lowest BCUT2D eigenvalue weighted by atomic mass is 9.97. The van der Waals surface area contributed by atoms with Gasteiger partial charge in [-0.2, -0.15) is 0 Å². The Balaban J connectivity index is 1.88. The fraction of sp³-hybridized carbons (Fsp3) is 0.842. The van der Waals surface area contributed by atoms with Crippen LogP contribution in [0.5, 0.6) is 0 Å². The van der Waals surface area contributed by atoms with Crippen LogP contribution >= 0.6 is 0 Å². The van der Waals surface area contributed by atoms with Crippen molar-refractivity contribution < 1.29 is 33.2 Å². The third-order valence-electron chi connectivity index (χ3n) is 4.62. The quantitative estimate of drug-likeness (QED) is 0.558. The van der Waals surface area contributed by atoms with E-state index in [1.54, 1.807) is 20.8 Å². The molecule has 3 fully saturated rings. The van der Waals surface area contributed by atoms with Crippen molar-refractivity contribution in [2.75, 3.05) is 13.2 Å². The van der Waals surface area contributed by atoms with Gasteiger partial charge < -0.3 is 28.4 Å². The summed E-state index contributed by atoms with van der Waals surface area (Å²) in [6.45, 7) is 13.4. The smallest absolute Gasteiger partial charge is 0.333 e. The van der Waals surface area contributed by atoms with Crippen LogP contribution < -0.4 is 0 Å². The summed E-state index contributed by atoms with van der Waals surface area (Å²) >= 11 is 0. The van der Waals surface area contributed by atoms with Crippen LogP contribution in [0.3, 0.4) is 0 Å². The third-order valence-corrected chi connectivity index (χ3v) is 4.62. The van der Waals surface area contributed by atoms with Gasteiger partial charge in [-0.25, -0.2) is 4.79 Å². The van der Waals surface area contributed by atoms with Gasteiger partial charge in [-0.05, 0) is 40.5 Å². The first-order chi connectivity index (χ1) is 11.9. The molecule has 4 atom stereocenters. The number of ether oxygens (including phenoxy) is 6. The van der Waals surface area contributed by atoms with Crippen LogP contribution in [-0.4, -0.2) is 54.9 Å². The summed E-state index contributed by atoms with van der Waals surface area (Å²) in [5.74, 6) is -3.01. The molecule has 0 aromatic rings. The monoisotopic (exact) mass is 370 g/mol. The summed E-state index contributed by atoms with van der Waals surface area (Å²) in [5, 5.41) is 0. The summed E-state index contributed by atoms with van der Waals surface area (Å²) in [4.78, 5) is 12.7. The van der Waals surface area contributed by atoms with Gasteiger partial charge in [-0.15, -0.1) is 0 Å². The van der Waals surface area contributed by atoms with Crippen LogP contribution in [0.25, 0.3) is 0 Å². The van der Waals surface area contributed by atoms with Crippen molar-refractivity contribution in [1.82, 2.24) is 0 Å². The van der Waals surface area contributed by atoms with Crippen LogP contribution in [-0.2, 0) is 33.2 Å². The summed E-state index contributed by atoms with van der Waals surface area (Å²) in [6.07, 6.45) is 0.234. The van der Waals surface area contributed by atoms with Crippen LogP contribution in [0.4, 0.5) is 0 Å². The molecule has 3 aliphatic heterocycles. The zero-order valence-electron chi connectivity index (χ0n) is 16.7. The van der Waals surface area contributed by atoms with Crippen LogP contribution in [0.1, 0.15) is 48.5 Å². The Morgan fingerprint density at radius 3 is 2.38 bits per heavy atom. The Bertz CT molecular complexity index is 593. The van der Waals surface area contributed by atoms with E-state index in [0.29, 0.717) is 5.57 Å². The fourth-order valence-corrected chi connectivity index (χ4v) is 3.70. The van der Waals surface area contributed by atoms with Crippen LogP contribution in [0.2, 0.25) is 0 Å². The van der Waals surface area contributed by atoms with Gasteiger partial charge in [0.1, 0.15) is 18.8 Å². The molecule has 1 spiro atoms. The van der Waals surface area contributed by atoms with Crippen molar-refractivity contribution in [3.05, 3.63) is 11.6 Å². The van der Waals surface area contributed by atoms with E-state index in [9.17, 15) is 4.79 Å². The minimum absolute atomic E-state index is 0.151. The van der Waals surface area contributed by atoms with E-state index in [0.717, 1.165) is 0 Å². The first kappa shape index (κ1) is 19.8. The molecule has 148 valence electrons. The third kappa shape index (κ3) is 3.82. The number of carbonyl (C=O) groups is 1. The Morgan fingerprint density at radius 2 is 1.81 bits per heavy atom. The van der Waals surface area contributed by atoms with Crippen molar-refractivity contribution in [3.63, 3.8) is 0 Å². The molecule has 0 amide bonds. The summed E-state index contributed by atoms with van der Waals surface area (Å²) in [7, 11) is 0. The Kier molecular flexibility index (Phi) is 4.99. The Labute approximate surface area is 154 Å². The molecule has 7 heteroatoms. The summed E-state index contributed by atoms with van der Waals surface area (Å²) < 4.78 is 35.6. The van der Waals surface area contributed by atoms with Gasteiger partial charge in [0.2, 0.25) is 5.79 Å². The van der Waals surface area contributed by atoms with Gasteiger partial charge in [0.15, 0.2) is 17.7 Å². The highest BCUT2D eigenvalue weighted by molar-refractivity contribution is 5.88. The lowest BCUT2D eigenvalue weighted by Crippen LogP contribution is -2.63. The summed E-state index contributed by atoms with van der Waals surface area (Å²) in [5.41, 5.74) is 0.536. The first-order valence-corrected chi connectivity index (χ1v) is 9.16. The Hall–Kier alpha value is -0.990. The predicted octanol–water partition coefficient (Wildman–Crippen LogP) is 2.53.